The summed E-state index contributed by atoms with van der Waals surface area (Å²) in [5, 5.41) is 3.39. The van der Waals surface area contributed by atoms with Gasteiger partial charge in [-0.2, -0.15) is 0 Å². The van der Waals surface area contributed by atoms with E-state index in [1.807, 2.05) is 20.8 Å². The fourth-order valence-electron chi connectivity index (χ4n) is 4.04. The van der Waals surface area contributed by atoms with Crippen LogP contribution in [0, 0.1) is 0 Å². The summed E-state index contributed by atoms with van der Waals surface area (Å²) < 4.78 is 11.5. The number of carbonyl (C=O) groups is 1. The number of aliphatic imine (C=N–C) groups is 1. The number of hydrogen-bond acceptors (Lipinski definition) is 5. The highest BCUT2D eigenvalue weighted by Crippen LogP contribution is 2.24. The van der Waals surface area contributed by atoms with E-state index in [2.05, 4.69) is 50.4 Å². The lowest BCUT2D eigenvalue weighted by Crippen LogP contribution is -2.50. The normalized spacial score (nSPS) is 22.2. The van der Waals surface area contributed by atoms with Gasteiger partial charge < -0.3 is 24.6 Å². The molecule has 172 valence electrons. The predicted molar refractivity (Wildman–Crippen MR) is 122 cm³/mol. The first-order valence-electron chi connectivity index (χ1n) is 11.1. The highest BCUT2D eigenvalue weighted by molar-refractivity contribution is 5.80. The number of guanidine groups is 1. The standard InChI is InChI=1S/C23H37N5O3/c1-23(2,3)31-22(29)26(5)12-11-25-21(24-4)28-16-19-20(17-28)30-14-13-27(19)15-18-9-7-6-8-10-18/h6-10,19-20H,11-17H2,1-5H3,(H,24,25). The molecule has 2 atom stereocenters. The first kappa shape index (κ1) is 23.3. The molecular formula is C23H37N5O3. The van der Waals surface area contributed by atoms with E-state index in [0.717, 1.165) is 38.7 Å². The number of nitrogens with one attached hydrogen (secondary N) is 1. The summed E-state index contributed by atoms with van der Waals surface area (Å²) in [5.41, 5.74) is 0.834. The maximum Gasteiger partial charge on any atom is 0.410 e. The molecule has 0 bridgehead atoms. The van der Waals surface area contributed by atoms with E-state index >= 15 is 0 Å². The third kappa shape index (κ3) is 6.58. The molecule has 0 radical (unpaired) electrons. The number of likely N-dealkylation sites (N-methyl/N-ethyl adjacent to an activating group) is 1. The van der Waals surface area contributed by atoms with Gasteiger partial charge in [-0.05, 0) is 26.3 Å². The molecule has 2 aliphatic heterocycles. The number of hydrogen-bond donors (Lipinski definition) is 1. The van der Waals surface area contributed by atoms with Gasteiger partial charge in [-0.25, -0.2) is 4.79 Å². The van der Waals surface area contributed by atoms with Gasteiger partial charge in [0.05, 0.1) is 18.8 Å². The summed E-state index contributed by atoms with van der Waals surface area (Å²) >= 11 is 0. The third-order valence-corrected chi connectivity index (χ3v) is 5.59. The van der Waals surface area contributed by atoms with E-state index < -0.39 is 5.60 Å². The summed E-state index contributed by atoms with van der Waals surface area (Å²) in [6, 6.07) is 10.9. The average molecular weight is 432 g/mol. The summed E-state index contributed by atoms with van der Waals surface area (Å²) in [6.07, 6.45) is -0.137. The Balaban J connectivity index is 1.51. The van der Waals surface area contributed by atoms with E-state index in [-0.39, 0.29) is 12.2 Å². The number of morpholine rings is 1. The zero-order valence-corrected chi connectivity index (χ0v) is 19.5. The van der Waals surface area contributed by atoms with Gasteiger partial charge >= 0.3 is 6.09 Å². The van der Waals surface area contributed by atoms with Crippen LogP contribution in [0.15, 0.2) is 35.3 Å². The molecule has 8 nitrogen and oxygen atoms in total. The molecule has 2 fully saturated rings. The minimum atomic E-state index is -0.494. The Hall–Kier alpha value is -2.32. The first-order valence-corrected chi connectivity index (χ1v) is 11.1. The monoisotopic (exact) mass is 431 g/mol. The zero-order valence-electron chi connectivity index (χ0n) is 19.5. The highest BCUT2D eigenvalue weighted by Gasteiger charge is 2.41. The molecule has 0 saturated carbocycles. The second-order valence-corrected chi connectivity index (χ2v) is 9.21. The number of benzene rings is 1. The first-order chi connectivity index (χ1) is 14.8. The Morgan fingerprint density at radius 3 is 2.71 bits per heavy atom. The van der Waals surface area contributed by atoms with Crippen molar-refractivity contribution in [3.05, 3.63) is 35.9 Å². The highest BCUT2D eigenvalue weighted by atomic mass is 16.6. The molecular weight excluding hydrogens is 394 g/mol. The predicted octanol–water partition coefficient (Wildman–Crippen LogP) is 2.01. The number of carbonyl (C=O) groups excluding carboxylic acids is 1. The van der Waals surface area contributed by atoms with Gasteiger partial charge in [-0.3, -0.25) is 9.89 Å². The quantitative estimate of drug-likeness (QED) is 0.568. The molecule has 1 N–H and O–H groups in total. The van der Waals surface area contributed by atoms with Crippen LogP contribution < -0.4 is 5.32 Å². The molecule has 0 aliphatic carbocycles. The van der Waals surface area contributed by atoms with Gasteiger partial charge in [0.1, 0.15) is 5.60 Å². The smallest absolute Gasteiger partial charge is 0.410 e. The van der Waals surface area contributed by atoms with Crippen LogP contribution in [-0.4, -0.2) is 97.9 Å². The number of nitrogens with zero attached hydrogens (tertiary/aromatic N) is 4. The molecule has 8 heteroatoms. The Morgan fingerprint density at radius 1 is 1.29 bits per heavy atom. The topological polar surface area (TPSA) is 69.6 Å². The van der Waals surface area contributed by atoms with Crippen LogP contribution >= 0.6 is 0 Å². The van der Waals surface area contributed by atoms with Gasteiger partial charge in [-0.15, -0.1) is 0 Å². The molecule has 2 saturated heterocycles. The number of rotatable bonds is 5. The Bertz CT molecular complexity index is 749. The van der Waals surface area contributed by atoms with E-state index in [9.17, 15) is 4.79 Å². The fraction of sp³-hybridized carbons (Fsp3) is 0.652. The molecule has 0 spiro atoms. The van der Waals surface area contributed by atoms with Crippen LogP contribution in [0.25, 0.3) is 0 Å². The lowest BCUT2D eigenvalue weighted by Gasteiger charge is -2.36. The minimum Gasteiger partial charge on any atom is -0.444 e. The van der Waals surface area contributed by atoms with Crippen molar-refractivity contribution in [3.63, 3.8) is 0 Å². The lowest BCUT2D eigenvalue weighted by atomic mass is 10.1. The Kier molecular flexibility index (Phi) is 7.78. The van der Waals surface area contributed by atoms with E-state index in [4.69, 9.17) is 9.47 Å². The molecule has 2 heterocycles. The Morgan fingerprint density at radius 2 is 2.03 bits per heavy atom. The van der Waals surface area contributed by atoms with Crippen molar-refractivity contribution < 1.29 is 14.3 Å². The van der Waals surface area contributed by atoms with Crippen LogP contribution in [0.4, 0.5) is 4.79 Å². The number of amides is 1. The largest absolute Gasteiger partial charge is 0.444 e. The molecule has 2 unspecified atom stereocenters. The third-order valence-electron chi connectivity index (χ3n) is 5.59. The van der Waals surface area contributed by atoms with Gasteiger partial charge in [0, 0.05) is 53.4 Å². The SMILES string of the molecule is CN=C(NCCN(C)C(=O)OC(C)(C)C)N1CC2OCCN(Cc3ccccc3)C2C1. The molecule has 1 aromatic carbocycles. The summed E-state index contributed by atoms with van der Waals surface area (Å²) in [6.45, 7) is 11.1. The molecule has 1 aromatic rings. The van der Waals surface area contributed by atoms with Crippen molar-refractivity contribution in [1.29, 1.82) is 0 Å². The van der Waals surface area contributed by atoms with Crippen LogP contribution in [-0.2, 0) is 16.0 Å². The molecule has 1 amide bonds. The maximum atomic E-state index is 12.1. The maximum absolute atomic E-state index is 12.1. The van der Waals surface area contributed by atoms with Gasteiger partial charge in [0.15, 0.2) is 5.96 Å². The molecule has 31 heavy (non-hydrogen) atoms. The second kappa shape index (κ2) is 10.3. The fourth-order valence-corrected chi connectivity index (χ4v) is 4.04. The molecule has 3 rings (SSSR count). The van der Waals surface area contributed by atoms with Crippen LogP contribution in [0.1, 0.15) is 26.3 Å². The summed E-state index contributed by atoms with van der Waals surface area (Å²) in [7, 11) is 3.54. The number of likely N-dealkylation sites (tertiary alicyclic amines) is 1. The van der Waals surface area contributed by atoms with Gasteiger partial charge in [0.25, 0.3) is 0 Å². The van der Waals surface area contributed by atoms with Crippen molar-refractivity contribution in [2.75, 3.05) is 53.4 Å². The second-order valence-electron chi connectivity index (χ2n) is 9.21. The van der Waals surface area contributed by atoms with E-state index in [1.165, 1.54) is 5.56 Å². The molecule has 2 aliphatic rings. The average Bonchev–Trinajstić information content (AvgIpc) is 3.15. The van der Waals surface area contributed by atoms with Crippen molar-refractivity contribution >= 4 is 12.1 Å². The zero-order chi connectivity index (χ0) is 22.4. The van der Waals surface area contributed by atoms with Crippen molar-refractivity contribution in [2.45, 2.75) is 45.1 Å². The molecule has 0 aromatic heterocycles. The van der Waals surface area contributed by atoms with Gasteiger partial charge in [-0.1, -0.05) is 30.3 Å². The van der Waals surface area contributed by atoms with Crippen LogP contribution in [0.3, 0.4) is 0 Å². The van der Waals surface area contributed by atoms with E-state index in [0.29, 0.717) is 19.1 Å². The van der Waals surface area contributed by atoms with Crippen LogP contribution in [0.5, 0.6) is 0 Å². The lowest BCUT2D eigenvalue weighted by molar-refractivity contribution is -0.0502. The minimum absolute atomic E-state index is 0.181. The van der Waals surface area contributed by atoms with Crippen molar-refractivity contribution in [3.8, 4) is 0 Å². The van der Waals surface area contributed by atoms with Crippen molar-refractivity contribution in [2.24, 2.45) is 4.99 Å². The van der Waals surface area contributed by atoms with Crippen molar-refractivity contribution in [1.82, 2.24) is 20.0 Å². The summed E-state index contributed by atoms with van der Waals surface area (Å²) in [5.74, 6) is 0.843. The summed E-state index contributed by atoms with van der Waals surface area (Å²) in [4.78, 5) is 23.0. The Labute approximate surface area is 186 Å². The van der Waals surface area contributed by atoms with Gasteiger partial charge in [0.2, 0.25) is 0 Å². The van der Waals surface area contributed by atoms with E-state index in [1.54, 1.807) is 19.0 Å². The van der Waals surface area contributed by atoms with Crippen LogP contribution in [0.2, 0.25) is 0 Å². The number of ether oxygens (including phenoxy) is 2. The number of fused-ring (bicyclic) bond motifs is 1.